The first kappa shape index (κ1) is 9.88. The van der Waals surface area contributed by atoms with Crippen LogP contribution in [0.1, 0.15) is 36.8 Å². The number of carbonyl (C=O) groups is 1. The van der Waals surface area contributed by atoms with Gasteiger partial charge in [0.15, 0.2) is 0 Å². The number of rotatable bonds is 2. The van der Waals surface area contributed by atoms with Gasteiger partial charge >= 0.3 is 5.97 Å². The van der Waals surface area contributed by atoms with Gasteiger partial charge in [0.1, 0.15) is 5.75 Å². The molecule has 2 aliphatic rings. The number of hydrogen-bond acceptors (Lipinski definition) is 2. The Hall–Kier alpha value is -1.31. The van der Waals surface area contributed by atoms with Crippen molar-refractivity contribution in [1.29, 1.82) is 0 Å². The Labute approximate surface area is 95.6 Å². The van der Waals surface area contributed by atoms with E-state index in [-0.39, 0.29) is 11.9 Å². The lowest BCUT2D eigenvalue weighted by Gasteiger charge is -2.16. The van der Waals surface area contributed by atoms with Crippen molar-refractivity contribution in [1.82, 2.24) is 0 Å². The number of fused-ring (bicyclic) bond motifs is 1. The van der Waals surface area contributed by atoms with E-state index in [9.17, 15) is 4.79 Å². The fourth-order valence-electron chi connectivity index (χ4n) is 2.29. The molecule has 1 aromatic carbocycles. The number of aryl methyl sites for hydroxylation is 2. The summed E-state index contributed by atoms with van der Waals surface area (Å²) in [6, 6.07) is 6.10. The quantitative estimate of drug-likeness (QED) is 0.561. The van der Waals surface area contributed by atoms with Crippen LogP contribution < -0.4 is 4.74 Å². The highest BCUT2D eigenvalue weighted by atomic mass is 16.5. The van der Waals surface area contributed by atoms with Crippen LogP contribution in [-0.2, 0) is 17.6 Å². The topological polar surface area (TPSA) is 26.3 Å². The van der Waals surface area contributed by atoms with Gasteiger partial charge < -0.3 is 4.74 Å². The van der Waals surface area contributed by atoms with Gasteiger partial charge in [-0.1, -0.05) is 6.07 Å². The van der Waals surface area contributed by atoms with Crippen molar-refractivity contribution < 1.29 is 9.53 Å². The second kappa shape index (κ2) is 3.93. The molecule has 2 heteroatoms. The van der Waals surface area contributed by atoms with E-state index in [1.165, 1.54) is 30.4 Å². The van der Waals surface area contributed by atoms with Gasteiger partial charge in [0.2, 0.25) is 0 Å². The van der Waals surface area contributed by atoms with E-state index in [2.05, 4.69) is 12.1 Å². The average Bonchev–Trinajstić information content (AvgIpc) is 3.12. The van der Waals surface area contributed by atoms with E-state index >= 15 is 0 Å². The molecule has 2 nitrogen and oxygen atoms in total. The van der Waals surface area contributed by atoms with Gasteiger partial charge in [-0.3, -0.25) is 4.79 Å². The minimum atomic E-state index is -0.0456. The monoisotopic (exact) mass is 216 g/mol. The lowest BCUT2D eigenvalue weighted by atomic mass is 9.92. The first-order valence-corrected chi connectivity index (χ1v) is 6.16. The summed E-state index contributed by atoms with van der Waals surface area (Å²) >= 11 is 0. The van der Waals surface area contributed by atoms with Crippen LogP contribution in [0, 0.1) is 5.92 Å². The summed E-state index contributed by atoms with van der Waals surface area (Å²) in [4.78, 5) is 11.5. The summed E-state index contributed by atoms with van der Waals surface area (Å²) in [6.45, 7) is 0. The molecule has 0 amide bonds. The highest BCUT2D eigenvalue weighted by Crippen LogP contribution is 2.32. The van der Waals surface area contributed by atoms with Gasteiger partial charge in [0.05, 0.1) is 5.92 Å². The summed E-state index contributed by atoms with van der Waals surface area (Å²) < 4.78 is 5.37. The van der Waals surface area contributed by atoms with E-state index in [1.54, 1.807) is 0 Å². The molecule has 1 aromatic rings. The molecule has 0 saturated heterocycles. The average molecular weight is 216 g/mol. The van der Waals surface area contributed by atoms with Crippen LogP contribution in [0.4, 0.5) is 0 Å². The zero-order valence-electron chi connectivity index (χ0n) is 9.37. The van der Waals surface area contributed by atoms with E-state index in [1.807, 2.05) is 6.07 Å². The first-order chi connectivity index (χ1) is 7.83. The van der Waals surface area contributed by atoms with Crippen molar-refractivity contribution in [3.63, 3.8) is 0 Å². The van der Waals surface area contributed by atoms with Crippen LogP contribution in [0.3, 0.4) is 0 Å². The molecule has 16 heavy (non-hydrogen) atoms. The van der Waals surface area contributed by atoms with Gasteiger partial charge in [-0.25, -0.2) is 0 Å². The smallest absolute Gasteiger partial charge is 0.314 e. The summed E-state index contributed by atoms with van der Waals surface area (Å²) in [7, 11) is 0. The molecule has 2 aliphatic carbocycles. The molecule has 0 spiro atoms. The van der Waals surface area contributed by atoms with Crippen LogP contribution >= 0.6 is 0 Å². The molecule has 1 fully saturated rings. The Kier molecular flexibility index (Phi) is 2.43. The van der Waals surface area contributed by atoms with Gasteiger partial charge in [-0.05, 0) is 61.8 Å². The van der Waals surface area contributed by atoms with Crippen molar-refractivity contribution >= 4 is 5.97 Å². The van der Waals surface area contributed by atoms with Crippen LogP contribution in [-0.4, -0.2) is 5.97 Å². The van der Waals surface area contributed by atoms with Crippen molar-refractivity contribution in [3.05, 3.63) is 29.3 Å². The third-order valence-electron chi connectivity index (χ3n) is 3.45. The number of esters is 1. The highest BCUT2D eigenvalue weighted by molar-refractivity contribution is 5.77. The number of benzene rings is 1. The molecule has 84 valence electrons. The van der Waals surface area contributed by atoms with Crippen LogP contribution in [0.2, 0.25) is 0 Å². The summed E-state index contributed by atoms with van der Waals surface area (Å²) in [5.41, 5.74) is 2.80. The number of hydrogen-bond donors (Lipinski definition) is 0. The third kappa shape index (κ3) is 1.97. The van der Waals surface area contributed by atoms with Crippen molar-refractivity contribution in [2.75, 3.05) is 0 Å². The molecule has 0 N–H and O–H groups in total. The van der Waals surface area contributed by atoms with E-state index in [4.69, 9.17) is 4.74 Å². The largest absolute Gasteiger partial charge is 0.426 e. The predicted octanol–water partition coefficient (Wildman–Crippen LogP) is 2.88. The zero-order valence-corrected chi connectivity index (χ0v) is 9.37. The van der Waals surface area contributed by atoms with Crippen molar-refractivity contribution in [2.45, 2.75) is 38.5 Å². The molecular weight excluding hydrogens is 200 g/mol. The lowest BCUT2D eigenvalue weighted by Crippen LogP contribution is -2.10. The fraction of sp³-hybridized carbons (Fsp3) is 0.500. The molecule has 0 aromatic heterocycles. The molecule has 0 heterocycles. The molecule has 0 unspecified atom stereocenters. The Morgan fingerprint density at radius 2 is 1.88 bits per heavy atom. The number of carbonyl (C=O) groups excluding carboxylic acids is 1. The van der Waals surface area contributed by atoms with E-state index in [0.717, 1.165) is 25.0 Å². The molecule has 3 rings (SSSR count). The van der Waals surface area contributed by atoms with Gasteiger partial charge in [-0.2, -0.15) is 0 Å². The second-order valence-corrected chi connectivity index (χ2v) is 4.83. The second-order valence-electron chi connectivity index (χ2n) is 4.83. The molecule has 0 aliphatic heterocycles. The van der Waals surface area contributed by atoms with E-state index in [0.29, 0.717) is 0 Å². The standard InChI is InChI=1S/C14H16O2/c15-14(11-5-6-11)16-13-8-7-10-3-1-2-4-12(10)9-13/h7-9,11H,1-6H2. The van der Waals surface area contributed by atoms with Crippen LogP contribution in [0.15, 0.2) is 18.2 Å². The fourth-order valence-corrected chi connectivity index (χ4v) is 2.29. The van der Waals surface area contributed by atoms with Crippen LogP contribution in [0.5, 0.6) is 5.75 Å². The SMILES string of the molecule is O=C(Oc1ccc2c(c1)CCCC2)C1CC1. The van der Waals surface area contributed by atoms with Crippen molar-refractivity contribution in [3.8, 4) is 5.75 Å². The molecule has 0 radical (unpaired) electrons. The van der Waals surface area contributed by atoms with Crippen LogP contribution in [0.25, 0.3) is 0 Å². The van der Waals surface area contributed by atoms with Gasteiger partial charge in [0, 0.05) is 0 Å². The summed E-state index contributed by atoms with van der Waals surface area (Å²) in [6.07, 6.45) is 6.85. The first-order valence-electron chi connectivity index (χ1n) is 6.16. The Bertz CT molecular complexity index is 419. The van der Waals surface area contributed by atoms with Gasteiger partial charge in [-0.15, -0.1) is 0 Å². The highest BCUT2D eigenvalue weighted by Gasteiger charge is 2.31. The maximum Gasteiger partial charge on any atom is 0.314 e. The Morgan fingerprint density at radius 1 is 1.12 bits per heavy atom. The maximum absolute atomic E-state index is 11.5. The Morgan fingerprint density at radius 3 is 2.62 bits per heavy atom. The zero-order chi connectivity index (χ0) is 11.0. The lowest BCUT2D eigenvalue weighted by molar-refractivity contribution is -0.135. The molecule has 0 bridgehead atoms. The Balaban J connectivity index is 1.77. The number of ether oxygens (including phenoxy) is 1. The normalized spacial score (nSPS) is 19.0. The van der Waals surface area contributed by atoms with E-state index < -0.39 is 0 Å². The minimum Gasteiger partial charge on any atom is -0.426 e. The minimum absolute atomic E-state index is 0.0456. The molecule has 0 atom stereocenters. The molecular formula is C14H16O2. The van der Waals surface area contributed by atoms with Crippen molar-refractivity contribution in [2.24, 2.45) is 5.92 Å². The van der Waals surface area contributed by atoms with Gasteiger partial charge in [0.25, 0.3) is 0 Å². The maximum atomic E-state index is 11.5. The summed E-state index contributed by atoms with van der Waals surface area (Å²) in [5, 5.41) is 0. The third-order valence-corrected chi connectivity index (χ3v) is 3.45. The predicted molar refractivity (Wildman–Crippen MR) is 61.4 cm³/mol. The molecule has 1 saturated carbocycles. The summed E-state index contributed by atoms with van der Waals surface area (Å²) in [5.74, 6) is 0.865.